The zero-order valence-corrected chi connectivity index (χ0v) is 16.1. The second-order valence-corrected chi connectivity index (χ2v) is 6.50. The molecule has 0 radical (unpaired) electrons. The summed E-state index contributed by atoms with van der Waals surface area (Å²) in [5.41, 5.74) is 0. The number of rotatable bonds is 8. The smallest absolute Gasteiger partial charge is 0.191 e. The normalized spacial score (nSPS) is 15.9. The number of halogens is 2. The van der Waals surface area contributed by atoms with Gasteiger partial charge in [0.25, 0.3) is 0 Å². The Bertz CT molecular complexity index is 551. The van der Waals surface area contributed by atoms with Gasteiger partial charge in [-0.1, -0.05) is 23.2 Å². The van der Waals surface area contributed by atoms with Crippen molar-refractivity contribution in [3.05, 3.63) is 28.2 Å². The van der Waals surface area contributed by atoms with Crippen molar-refractivity contribution in [2.75, 3.05) is 59.6 Å². The summed E-state index contributed by atoms with van der Waals surface area (Å²) in [5.74, 6) is 1.46. The van der Waals surface area contributed by atoms with Crippen LogP contribution in [0.1, 0.15) is 6.42 Å². The van der Waals surface area contributed by atoms with Crippen molar-refractivity contribution in [3.8, 4) is 5.75 Å². The first-order valence-electron chi connectivity index (χ1n) is 8.51. The van der Waals surface area contributed by atoms with E-state index in [1.165, 1.54) is 0 Å². The van der Waals surface area contributed by atoms with E-state index in [1.54, 1.807) is 25.2 Å². The van der Waals surface area contributed by atoms with Crippen LogP contribution < -0.4 is 15.4 Å². The van der Waals surface area contributed by atoms with Crippen LogP contribution in [-0.4, -0.2) is 70.5 Å². The Morgan fingerprint density at radius 1 is 1.24 bits per heavy atom. The highest BCUT2D eigenvalue weighted by atomic mass is 35.5. The van der Waals surface area contributed by atoms with Crippen molar-refractivity contribution in [1.29, 1.82) is 0 Å². The van der Waals surface area contributed by atoms with E-state index in [0.29, 0.717) is 22.4 Å². The van der Waals surface area contributed by atoms with Crippen LogP contribution in [0.4, 0.5) is 0 Å². The van der Waals surface area contributed by atoms with Gasteiger partial charge in [-0.25, -0.2) is 0 Å². The van der Waals surface area contributed by atoms with Gasteiger partial charge in [0.1, 0.15) is 5.75 Å². The van der Waals surface area contributed by atoms with Crippen molar-refractivity contribution in [3.63, 3.8) is 0 Å². The average molecular weight is 389 g/mol. The molecule has 0 spiro atoms. The van der Waals surface area contributed by atoms with E-state index >= 15 is 0 Å². The Morgan fingerprint density at radius 3 is 2.72 bits per heavy atom. The third-order valence-corrected chi connectivity index (χ3v) is 4.34. The minimum absolute atomic E-state index is 0.529. The van der Waals surface area contributed by atoms with Crippen molar-refractivity contribution in [1.82, 2.24) is 15.5 Å². The lowest BCUT2D eigenvalue weighted by atomic mass is 10.3. The van der Waals surface area contributed by atoms with E-state index in [2.05, 4.69) is 20.5 Å². The highest BCUT2D eigenvalue weighted by Crippen LogP contribution is 2.27. The molecule has 1 aliphatic heterocycles. The van der Waals surface area contributed by atoms with Crippen LogP contribution in [-0.2, 0) is 4.74 Å². The van der Waals surface area contributed by atoms with Gasteiger partial charge in [-0.05, 0) is 24.6 Å². The molecule has 0 bridgehead atoms. The van der Waals surface area contributed by atoms with E-state index in [0.717, 1.165) is 58.3 Å². The summed E-state index contributed by atoms with van der Waals surface area (Å²) in [6, 6.07) is 5.22. The molecule has 1 aromatic carbocycles. The highest BCUT2D eigenvalue weighted by Gasteiger charge is 2.09. The predicted molar refractivity (Wildman–Crippen MR) is 103 cm³/mol. The highest BCUT2D eigenvalue weighted by molar-refractivity contribution is 6.35. The molecule has 140 valence electrons. The molecule has 1 aliphatic rings. The lowest BCUT2D eigenvalue weighted by Gasteiger charge is -2.26. The number of morpholine rings is 1. The minimum Gasteiger partial charge on any atom is -0.492 e. The van der Waals surface area contributed by atoms with Crippen molar-refractivity contribution < 1.29 is 9.47 Å². The molecule has 8 heteroatoms. The Morgan fingerprint density at radius 2 is 2.00 bits per heavy atom. The first-order chi connectivity index (χ1) is 12.2. The Balaban J connectivity index is 1.56. The zero-order valence-electron chi connectivity index (χ0n) is 14.6. The Kier molecular flexibility index (Phi) is 9.18. The molecule has 2 rings (SSSR count). The summed E-state index contributed by atoms with van der Waals surface area (Å²) < 4.78 is 11.0. The summed E-state index contributed by atoms with van der Waals surface area (Å²) in [7, 11) is 1.77. The van der Waals surface area contributed by atoms with Crippen molar-refractivity contribution in [2.24, 2.45) is 4.99 Å². The number of hydrogen-bond donors (Lipinski definition) is 2. The fourth-order valence-electron chi connectivity index (χ4n) is 2.43. The quantitative estimate of drug-likeness (QED) is 0.406. The van der Waals surface area contributed by atoms with E-state index in [9.17, 15) is 0 Å². The Hall–Kier alpha value is -1.21. The molecule has 6 nitrogen and oxygen atoms in total. The average Bonchev–Trinajstić information content (AvgIpc) is 2.62. The maximum absolute atomic E-state index is 6.07. The summed E-state index contributed by atoms with van der Waals surface area (Å²) in [5, 5.41) is 7.73. The maximum Gasteiger partial charge on any atom is 0.191 e. The molecule has 0 aliphatic carbocycles. The van der Waals surface area contributed by atoms with E-state index in [4.69, 9.17) is 32.7 Å². The minimum atomic E-state index is 0.529. The van der Waals surface area contributed by atoms with Gasteiger partial charge in [0.2, 0.25) is 0 Å². The van der Waals surface area contributed by atoms with Crippen LogP contribution in [0.3, 0.4) is 0 Å². The molecule has 0 atom stereocenters. The number of guanidine groups is 1. The van der Waals surface area contributed by atoms with Crippen LogP contribution in [0.15, 0.2) is 23.2 Å². The second kappa shape index (κ2) is 11.4. The van der Waals surface area contributed by atoms with Gasteiger partial charge >= 0.3 is 0 Å². The summed E-state index contributed by atoms with van der Waals surface area (Å²) in [6.45, 7) is 6.83. The van der Waals surface area contributed by atoms with Gasteiger partial charge in [0.05, 0.1) is 24.8 Å². The van der Waals surface area contributed by atoms with Gasteiger partial charge in [-0.15, -0.1) is 0 Å². The van der Waals surface area contributed by atoms with Gasteiger partial charge in [-0.3, -0.25) is 9.89 Å². The van der Waals surface area contributed by atoms with Crippen LogP contribution in [0.2, 0.25) is 10.0 Å². The molecule has 1 aromatic rings. The largest absolute Gasteiger partial charge is 0.492 e. The third-order valence-electron chi connectivity index (χ3n) is 3.81. The SMILES string of the molecule is CN=C(NCCCOc1ccc(Cl)cc1Cl)NCCN1CCOCC1. The molecule has 0 aromatic heterocycles. The molecule has 1 heterocycles. The van der Waals surface area contributed by atoms with Crippen molar-refractivity contribution >= 4 is 29.2 Å². The Labute approximate surface area is 159 Å². The second-order valence-electron chi connectivity index (χ2n) is 5.66. The van der Waals surface area contributed by atoms with Gasteiger partial charge in [0.15, 0.2) is 5.96 Å². The van der Waals surface area contributed by atoms with Gasteiger partial charge in [0, 0.05) is 44.8 Å². The number of benzene rings is 1. The first-order valence-corrected chi connectivity index (χ1v) is 9.27. The van der Waals surface area contributed by atoms with Crippen LogP contribution in [0.5, 0.6) is 5.75 Å². The number of ether oxygens (including phenoxy) is 2. The summed E-state index contributed by atoms with van der Waals surface area (Å²) >= 11 is 11.9. The fraction of sp³-hybridized carbons (Fsp3) is 0.588. The first kappa shape index (κ1) is 20.1. The lowest BCUT2D eigenvalue weighted by molar-refractivity contribution is 0.0389. The summed E-state index contributed by atoms with van der Waals surface area (Å²) in [4.78, 5) is 6.61. The molecule has 0 amide bonds. The third kappa shape index (κ3) is 7.69. The van der Waals surface area contributed by atoms with Crippen LogP contribution in [0, 0.1) is 0 Å². The van der Waals surface area contributed by atoms with E-state index < -0.39 is 0 Å². The molecular formula is C17H26Cl2N4O2. The van der Waals surface area contributed by atoms with Gasteiger partial charge < -0.3 is 20.1 Å². The molecule has 0 unspecified atom stereocenters. The standard InChI is InChI=1S/C17H26Cl2N4O2/c1-20-17(22-6-7-23-8-11-24-12-9-23)21-5-2-10-25-16-4-3-14(18)13-15(16)19/h3-4,13H,2,5-12H2,1H3,(H2,20,21,22). The fourth-order valence-corrected chi connectivity index (χ4v) is 2.89. The van der Waals surface area contributed by atoms with Crippen LogP contribution >= 0.6 is 23.2 Å². The number of hydrogen-bond acceptors (Lipinski definition) is 4. The molecule has 25 heavy (non-hydrogen) atoms. The summed E-state index contributed by atoms with van der Waals surface area (Å²) in [6.07, 6.45) is 0.836. The van der Waals surface area contributed by atoms with Crippen LogP contribution in [0.25, 0.3) is 0 Å². The zero-order chi connectivity index (χ0) is 17.9. The topological polar surface area (TPSA) is 58.1 Å². The van der Waals surface area contributed by atoms with E-state index in [-0.39, 0.29) is 0 Å². The molecule has 1 saturated heterocycles. The number of aliphatic imine (C=N–C) groups is 1. The molecule has 2 N–H and O–H groups in total. The number of nitrogens with zero attached hydrogens (tertiary/aromatic N) is 2. The number of nitrogens with one attached hydrogen (secondary N) is 2. The monoisotopic (exact) mass is 388 g/mol. The lowest BCUT2D eigenvalue weighted by Crippen LogP contribution is -2.44. The van der Waals surface area contributed by atoms with Gasteiger partial charge in [-0.2, -0.15) is 0 Å². The molecular weight excluding hydrogens is 363 g/mol. The molecule has 1 fully saturated rings. The maximum atomic E-state index is 6.07. The molecule has 0 saturated carbocycles. The van der Waals surface area contributed by atoms with Crippen molar-refractivity contribution in [2.45, 2.75) is 6.42 Å². The van der Waals surface area contributed by atoms with E-state index in [1.807, 2.05) is 0 Å². The predicted octanol–water partition coefficient (Wildman–Crippen LogP) is 2.26.